The van der Waals surface area contributed by atoms with E-state index < -0.39 is 5.97 Å². The maximum atomic E-state index is 12.1. The monoisotopic (exact) mass is 252 g/mol. The largest absolute Gasteiger partial charge is 0.476 e. The molecule has 7 nitrogen and oxygen atoms in total. The average Bonchev–Trinajstić information content (AvgIpc) is 2.86. The molecule has 0 spiro atoms. The third kappa shape index (κ3) is 2.34. The van der Waals surface area contributed by atoms with E-state index in [0.29, 0.717) is 0 Å². The van der Waals surface area contributed by atoms with Crippen LogP contribution in [-0.2, 0) is 11.3 Å². The van der Waals surface area contributed by atoms with Gasteiger partial charge in [0.15, 0.2) is 5.69 Å². The predicted molar refractivity (Wildman–Crippen MR) is 62.0 cm³/mol. The lowest BCUT2D eigenvalue weighted by molar-refractivity contribution is -0.134. The maximum absolute atomic E-state index is 12.1. The summed E-state index contributed by atoms with van der Waals surface area (Å²) < 4.78 is 1.27. The van der Waals surface area contributed by atoms with Gasteiger partial charge in [0.2, 0.25) is 5.91 Å². The smallest absolute Gasteiger partial charge is 0.358 e. The summed E-state index contributed by atoms with van der Waals surface area (Å²) in [4.78, 5) is 24.6. The normalized spacial score (nSPS) is 23.3. The fourth-order valence-electron chi connectivity index (χ4n) is 2.38. The van der Waals surface area contributed by atoms with Gasteiger partial charge in [0.25, 0.3) is 0 Å². The standard InChI is InChI=1S/C11H16N4O3/c1-7-3-4-8(2)15(7)10(16)6-14-5-9(11(17)18)12-13-14/h5,7-8H,3-4,6H2,1-2H3,(H,17,18). The highest BCUT2D eigenvalue weighted by molar-refractivity contribution is 5.84. The predicted octanol–water partition coefficient (Wildman–Crippen LogP) is 0.376. The van der Waals surface area contributed by atoms with Gasteiger partial charge in [-0.2, -0.15) is 0 Å². The van der Waals surface area contributed by atoms with Gasteiger partial charge < -0.3 is 10.0 Å². The quantitative estimate of drug-likeness (QED) is 0.840. The van der Waals surface area contributed by atoms with Crippen molar-refractivity contribution in [2.75, 3.05) is 0 Å². The third-order valence-electron chi connectivity index (χ3n) is 3.29. The van der Waals surface area contributed by atoms with Gasteiger partial charge in [-0.3, -0.25) is 4.79 Å². The SMILES string of the molecule is CC1CCC(C)N1C(=O)Cn1cc(C(=O)O)nn1. The summed E-state index contributed by atoms with van der Waals surface area (Å²) in [7, 11) is 0. The molecule has 1 saturated heterocycles. The number of amides is 1. The lowest BCUT2D eigenvalue weighted by atomic mass is 10.2. The molecule has 2 rings (SSSR count). The first kappa shape index (κ1) is 12.5. The molecule has 2 unspecified atom stereocenters. The van der Waals surface area contributed by atoms with Crippen LogP contribution in [-0.4, -0.2) is 49.0 Å². The van der Waals surface area contributed by atoms with Crippen LogP contribution in [0.5, 0.6) is 0 Å². The third-order valence-corrected chi connectivity index (χ3v) is 3.29. The number of aromatic nitrogens is 3. The van der Waals surface area contributed by atoms with E-state index in [0.717, 1.165) is 12.8 Å². The molecule has 1 aromatic rings. The Hall–Kier alpha value is -1.92. The van der Waals surface area contributed by atoms with Gasteiger partial charge in [0, 0.05) is 12.1 Å². The summed E-state index contributed by atoms with van der Waals surface area (Å²) in [5.74, 6) is -1.19. The molecular weight excluding hydrogens is 236 g/mol. The number of nitrogens with zero attached hydrogens (tertiary/aromatic N) is 4. The molecule has 2 atom stereocenters. The molecule has 0 bridgehead atoms. The van der Waals surface area contributed by atoms with Gasteiger partial charge in [-0.1, -0.05) is 5.21 Å². The second kappa shape index (κ2) is 4.75. The summed E-state index contributed by atoms with van der Waals surface area (Å²) in [6, 6.07) is 0.463. The minimum Gasteiger partial charge on any atom is -0.476 e. The number of carbonyl (C=O) groups excluding carboxylic acids is 1. The first-order valence-corrected chi connectivity index (χ1v) is 5.93. The molecule has 1 aliphatic rings. The minimum atomic E-state index is -1.14. The zero-order valence-electron chi connectivity index (χ0n) is 10.4. The number of carboxylic acids is 1. The Kier molecular flexibility index (Phi) is 3.31. The molecule has 2 heterocycles. The van der Waals surface area contributed by atoms with Crippen molar-refractivity contribution < 1.29 is 14.7 Å². The molecule has 18 heavy (non-hydrogen) atoms. The van der Waals surface area contributed by atoms with Crippen molar-refractivity contribution in [3.63, 3.8) is 0 Å². The van der Waals surface area contributed by atoms with Gasteiger partial charge in [-0.05, 0) is 26.7 Å². The van der Waals surface area contributed by atoms with E-state index in [1.54, 1.807) is 0 Å². The number of aromatic carboxylic acids is 1. The maximum Gasteiger partial charge on any atom is 0.358 e. The fraction of sp³-hybridized carbons (Fsp3) is 0.636. The Labute approximate surface area is 104 Å². The molecular formula is C11H16N4O3. The van der Waals surface area contributed by atoms with Crippen LogP contribution in [0.3, 0.4) is 0 Å². The van der Waals surface area contributed by atoms with E-state index in [9.17, 15) is 9.59 Å². The molecule has 1 aromatic heterocycles. The Bertz CT molecular complexity index is 461. The summed E-state index contributed by atoms with van der Waals surface area (Å²) in [6.07, 6.45) is 3.28. The molecule has 1 N–H and O–H groups in total. The number of likely N-dealkylation sites (tertiary alicyclic amines) is 1. The zero-order valence-corrected chi connectivity index (χ0v) is 10.4. The first-order valence-electron chi connectivity index (χ1n) is 5.93. The van der Waals surface area contributed by atoms with E-state index in [2.05, 4.69) is 10.3 Å². The lowest BCUT2D eigenvalue weighted by Crippen LogP contribution is -2.40. The fourth-order valence-corrected chi connectivity index (χ4v) is 2.38. The van der Waals surface area contributed by atoms with Gasteiger partial charge >= 0.3 is 5.97 Å². The van der Waals surface area contributed by atoms with Crippen LogP contribution in [0.1, 0.15) is 37.2 Å². The van der Waals surface area contributed by atoms with Crippen molar-refractivity contribution in [1.29, 1.82) is 0 Å². The first-order chi connectivity index (χ1) is 8.49. The van der Waals surface area contributed by atoms with Gasteiger partial charge in [0.05, 0.1) is 6.20 Å². The Balaban J connectivity index is 2.04. The number of carboxylic acid groups (broad SMARTS) is 1. The van der Waals surface area contributed by atoms with Crippen molar-refractivity contribution in [3.8, 4) is 0 Å². The summed E-state index contributed by atoms with van der Waals surface area (Å²) in [5, 5.41) is 15.8. The minimum absolute atomic E-state index is 0.0367. The van der Waals surface area contributed by atoms with Crippen molar-refractivity contribution in [2.24, 2.45) is 0 Å². The van der Waals surface area contributed by atoms with Crippen LogP contribution in [0, 0.1) is 0 Å². The summed E-state index contributed by atoms with van der Waals surface area (Å²) >= 11 is 0. The number of rotatable bonds is 3. The second-order valence-corrected chi connectivity index (χ2v) is 4.68. The molecule has 1 aliphatic heterocycles. The molecule has 0 aromatic carbocycles. The zero-order chi connectivity index (χ0) is 13.3. The molecule has 7 heteroatoms. The molecule has 1 fully saturated rings. The van der Waals surface area contributed by atoms with Crippen molar-refractivity contribution in [2.45, 2.75) is 45.3 Å². The van der Waals surface area contributed by atoms with Crippen LogP contribution in [0.4, 0.5) is 0 Å². The van der Waals surface area contributed by atoms with Crippen LogP contribution in [0.25, 0.3) is 0 Å². The Morgan fingerprint density at radius 1 is 1.39 bits per heavy atom. The van der Waals surface area contributed by atoms with E-state index >= 15 is 0 Å². The van der Waals surface area contributed by atoms with Crippen molar-refractivity contribution >= 4 is 11.9 Å². The highest BCUT2D eigenvalue weighted by Gasteiger charge is 2.31. The van der Waals surface area contributed by atoms with E-state index in [-0.39, 0.29) is 30.2 Å². The van der Waals surface area contributed by atoms with Gasteiger partial charge in [-0.25, -0.2) is 9.48 Å². The molecule has 98 valence electrons. The van der Waals surface area contributed by atoms with Crippen LogP contribution < -0.4 is 0 Å². The summed E-state index contributed by atoms with van der Waals surface area (Å²) in [6.45, 7) is 4.08. The van der Waals surface area contributed by atoms with Crippen LogP contribution >= 0.6 is 0 Å². The molecule has 1 amide bonds. The second-order valence-electron chi connectivity index (χ2n) is 4.68. The van der Waals surface area contributed by atoms with Gasteiger partial charge in [0.1, 0.15) is 6.54 Å². The topological polar surface area (TPSA) is 88.3 Å². The number of carbonyl (C=O) groups is 2. The average molecular weight is 252 g/mol. The summed E-state index contributed by atoms with van der Waals surface area (Å²) in [5.41, 5.74) is -0.148. The number of hydrogen-bond acceptors (Lipinski definition) is 4. The molecule has 0 aliphatic carbocycles. The van der Waals surface area contributed by atoms with E-state index in [4.69, 9.17) is 5.11 Å². The van der Waals surface area contributed by atoms with E-state index in [1.165, 1.54) is 10.9 Å². The van der Waals surface area contributed by atoms with Crippen LogP contribution in [0.2, 0.25) is 0 Å². The van der Waals surface area contributed by atoms with Crippen LogP contribution in [0.15, 0.2) is 6.20 Å². The lowest BCUT2D eigenvalue weighted by Gasteiger charge is -2.26. The number of hydrogen-bond donors (Lipinski definition) is 1. The Morgan fingerprint density at radius 3 is 2.50 bits per heavy atom. The Morgan fingerprint density at radius 2 is 2.00 bits per heavy atom. The van der Waals surface area contributed by atoms with Crippen molar-refractivity contribution in [1.82, 2.24) is 19.9 Å². The van der Waals surface area contributed by atoms with Crippen molar-refractivity contribution in [3.05, 3.63) is 11.9 Å². The van der Waals surface area contributed by atoms with Gasteiger partial charge in [-0.15, -0.1) is 5.10 Å². The molecule has 0 radical (unpaired) electrons. The molecule has 0 saturated carbocycles. The highest BCUT2D eigenvalue weighted by atomic mass is 16.4. The highest BCUT2D eigenvalue weighted by Crippen LogP contribution is 2.23. The van der Waals surface area contributed by atoms with E-state index in [1.807, 2.05) is 18.7 Å².